The number of esters is 1. The minimum atomic E-state index is -2.84. The Labute approximate surface area is 69.9 Å². The van der Waals surface area contributed by atoms with E-state index in [9.17, 15) is 13.6 Å². The summed E-state index contributed by atoms with van der Waals surface area (Å²) >= 11 is 0. The lowest BCUT2D eigenvalue weighted by Crippen LogP contribution is -2.30. The van der Waals surface area contributed by atoms with Crippen molar-refractivity contribution < 1.29 is 18.3 Å². The molecule has 1 rings (SSSR count). The average Bonchev–Trinajstić information content (AvgIpc) is 2.30. The summed E-state index contributed by atoms with van der Waals surface area (Å²) in [5.41, 5.74) is 0. The van der Waals surface area contributed by atoms with E-state index in [-0.39, 0.29) is 19.4 Å². The van der Waals surface area contributed by atoms with Crippen molar-refractivity contribution in [2.24, 2.45) is 5.92 Å². The summed E-state index contributed by atoms with van der Waals surface area (Å²) in [6.07, 6.45) is 0.485. The maximum atomic E-state index is 12.9. The molecule has 0 bridgehead atoms. The van der Waals surface area contributed by atoms with Crippen molar-refractivity contribution in [2.75, 3.05) is 6.61 Å². The summed E-state index contributed by atoms with van der Waals surface area (Å²) in [5, 5.41) is 0. The van der Waals surface area contributed by atoms with Gasteiger partial charge in [0.1, 0.15) is 5.92 Å². The van der Waals surface area contributed by atoms with Gasteiger partial charge in [-0.3, -0.25) is 4.79 Å². The maximum absolute atomic E-state index is 12.9. The number of carbonyl (C=O) groups excluding carboxylic acids is 1. The number of halogens is 2. The van der Waals surface area contributed by atoms with E-state index in [1.807, 2.05) is 0 Å². The maximum Gasteiger partial charge on any atom is 0.315 e. The first kappa shape index (κ1) is 9.42. The monoisotopic (exact) mass is 178 g/mol. The van der Waals surface area contributed by atoms with Crippen LogP contribution in [0.1, 0.15) is 26.2 Å². The number of rotatable bonds is 2. The Kier molecular flexibility index (Phi) is 2.65. The summed E-state index contributed by atoms with van der Waals surface area (Å²) in [4.78, 5) is 11.0. The largest absolute Gasteiger partial charge is 0.466 e. The first-order valence-corrected chi connectivity index (χ1v) is 4.12. The van der Waals surface area contributed by atoms with Crippen molar-refractivity contribution >= 4 is 5.97 Å². The van der Waals surface area contributed by atoms with Crippen molar-refractivity contribution in [3.05, 3.63) is 0 Å². The van der Waals surface area contributed by atoms with E-state index in [1.165, 1.54) is 0 Å². The molecule has 1 fully saturated rings. The molecule has 1 unspecified atom stereocenters. The standard InChI is InChI=1S/C8H12F2O2/c1-2-12-7(11)6-4-3-5-8(6,9)10/h6H,2-5H2,1H3. The molecule has 0 radical (unpaired) electrons. The smallest absolute Gasteiger partial charge is 0.315 e. The Morgan fingerprint density at radius 3 is 2.75 bits per heavy atom. The van der Waals surface area contributed by atoms with Crippen LogP contribution in [0.4, 0.5) is 8.78 Å². The summed E-state index contributed by atoms with van der Waals surface area (Å²) < 4.78 is 30.3. The second-order valence-corrected chi connectivity index (χ2v) is 2.96. The Hall–Kier alpha value is -0.670. The molecule has 0 aliphatic heterocycles. The van der Waals surface area contributed by atoms with Gasteiger partial charge in [0.25, 0.3) is 5.92 Å². The van der Waals surface area contributed by atoms with Gasteiger partial charge in [-0.05, 0) is 19.8 Å². The Morgan fingerprint density at radius 1 is 1.67 bits per heavy atom. The number of hydrogen-bond acceptors (Lipinski definition) is 2. The summed E-state index contributed by atoms with van der Waals surface area (Å²) in [7, 11) is 0. The fraction of sp³-hybridized carbons (Fsp3) is 0.875. The summed E-state index contributed by atoms with van der Waals surface area (Å²) in [6.45, 7) is 1.79. The van der Waals surface area contributed by atoms with Crippen LogP contribution in [0, 0.1) is 5.92 Å². The number of ether oxygens (including phenoxy) is 1. The lowest BCUT2D eigenvalue weighted by molar-refractivity contribution is -0.159. The summed E-state index contributed by atoms with van der Waals surface area (Å²) in [6, 6.07) is 0. The fourth-order valence-electron chi connectivity index (χ4n) is 1.46. The number of hydrogen-bond donors (Lipinski definition) is 0. The average molecular weight is 178 g/mol. The second kappa shape index (κ2) is 3.37. The molecule has 0 aromatic rings. The third-order valence-electron chi connectivity index (χ3n) is 2.08. The van der Waals surface area contributed by atoms with Gasteiger partial charge in [-0.15, -0.1) is 0 Å². The first-order chi connectivity index (χ1) is 5.58. The molecule has 4 heteroatoms. The highest BCUT2D eigenvalue weighted by Crippen LogP contribution is 2.40. The second-order valence-electron chi connectivity index (χ2n) is 2.96. The molecule has 1 aliphatic rings. The van der Waals surface area contributed by atoms with Gasteiger partial charge in [0.2, 0.25) is 0 Å². The number of carbonyl (C=O) groups is 1. The van der Waals surface area contributed by atoms with Crippen LogP contribution in [0.25, 0.3) is 0 Å². The predicted octanol–water partition coefficient (Wildman–Crippen LogP) is 1.98. The van der Waals surface area contributed by atoms with Crippen molar-refractivity contribution in [1.82, 2.24) is 0 Å². The highest BCUT2D eigenvalue weighted by atomic mass is 19.3. The third-order valence-corrected chi connectivity index (χ3v) is 2.08. The normalized spacial score (nSPS) is 27.1. The highest BCUT2D eigenvalue weighted by molar-refractivity contribution is 5.74. The van der Waals surface area contributed by atoms with Gasteiger partial charge >= 0.3 is 5.97 Å². The molecule has 1 saturated carbocycles. The Bertz CT molecular complexity index is 180. The minimum absolute atomic E-state index is 0.172. The van der Waals surface area contributed by atoms with E-state index in [0.29, 0.717) is 6.42 Å². The molecular formula is C8H12F2O2. The molecule has 1 aliphatic carbocycles. The molecule has 0 amide bonds. The molecular weight excluding hydrogens is 166 g/mol. The van der Waals surface area contributed by atoms with Crippen LogP contribution in [0.5, 0.6) is 0 Å². The quantitative estimate of drug-likeness (QED) is 0.604. The Morgan fingerprint density at radius 2 is 2.33 bits per heavy atom. The zero-order valence-corrected chi connectivity index (χ0v) is 6.98. The molecule has 0 heterocycles. The van der Waals surface area contributed by atoms with Crippen LogP contribution in [-0.4, -0.2) is 18.5 Å². The van der Waals surface area contributed by atoms with E-state index < -0.39 is 17.8 Å². The van der Waals surface area contributed by atoms with Gasteiger partial charge < -0.3 is 4.74 Å². The van der Waals surface area contributed by atoms with E-state index in [0.717, 1.165) is 0 Å². The lowest BCUT2D eigenvalue weighted by Gasteiger charge is -2.16. The molecule has 70 valence electrons. The van der Waals surface area contributed by atoms with E-state index >= 15 is 0 Å². The van der Waals surface area contributed by atoms with Crippen LogP contribution in [-0.2, 0) is 9.53 Å². The molecule has 0 saturated heterocycles. The van der Waals surface area contributed by atoms with Crippen LogP contribution >= 0.6 is 0 Å². The molecule has 12 heavy (non-hydrogen) atoms. The van der Waals surface area contributed by atoms with E-state index in [4.69, 9.17) is 0 Å². The SMILES string of the molecule is CCOC(=O)C1CCCC1(F)F. The minimum Gasteiger partial charge on any atom is -0.466 e. The predicted molar refractivity (Wildman–Crippen MR) is 38.9 cm³/mol. The van der Waals surface area contributed by atoms with Gasteiger partial charge in [0.05, 0.1) is 6.61 Å². The van der Waals surface area contributed by atoms with Crippen molar-refractivity contribution in [1.29, 1.82) is 0 Å². The molecule has 1 atom stereocenters. The molecule has 0 aromatic carbocycles. The van der Waals surface area contributed by atoms with Gasteiger partial charge in [-0.2, -0.15) is 0 Å². The van der Waals surface area contributed by atoms with Gasteiger partial charge in [-0.25, -0.2) is 8.78 Å². The van der Waals surface area contributed by atoms with Crippen LogP contribution in [0.3, 0.4) is 0 Å². The lowest BCUT2D eigenvalue weighted by atomic mass is 10.1. The topological polar surface area (TPSA) is 26.3 Å². The Balaban J connectivity index is 2.56. The third kappa shape index (κ3) is 1.73. The van der Waals surface area contributed by atoms with Crippen LogP contribution < -0.4 is 0 Å². The van der Waals surface area contributed by atoms with Crippen LogP contribution in [0.15, 0.2) is 0 Å². The fourth-order valence-corrected chi connectivity index (χ4v) is 1.46. The van der Waals surface area contributed by atoms with E-state index in [1.54, 1.807) is 6.92 Å². The van der Waals surface area contributed by atoms with Gasteiger partial charge in [-0.1, -0.05) is 0 Å². The van der Waals surface area contributed by atoms with Gasteiger partial charge in [0, 0.05) is 6.42 Å². The van der Waals surface area contributed by atoms with Crippen molar-refractivity contribution in [3.8, 4) is 0 Å². The molecule has 0 aromatic heterocycles. The zero-order valence-electron chi connectivity index (χ0n) is 6.98. The van der Waals surface area contributed by atoms with Gasteiger partial charge in [0.15, 0.2) is 0 Å². The zero-order chi connectivity index (χ0) is 9.19. The molecule has 0 N–H and O–H groups in total. The molecule has 2 nitrogen and oxygen atoms in total. The van der Waals surface area contributed by atoms with Crippen LogP contribution in [0.2, 0.25) is 0 Å². The van der Waals surface area contributed by atoms with E-state index in [2.05, 4.69) is 4.74 Å². The summed E-state index contributed by atoms with van der Waals surface area (Å²) in [5.74, 6) is -4.79. The van der Waals surface area contributed by atoms with Crippen molar-refractivity contribution in [3.63, 3.8) is 0 Å². The highest BCUT2D eigenvalue weighted by Gasteiger charge is 2.48. The molecule has 0 spiro atoms. The number of alkyl halides is 2. The van der Waals surface area contributed by atoms with Crippen molar-refractivity contribution in [2.45, 2.75) is 32.1 Å². The first-order valence-electron chi connectivity index (χ1n) is 4.12.